The topological polar surface area (TPSA) is 29.5 Å². The lowest BCUT2D eigenvalue weighted by atomic mass is 9.94. The molecule has 0 aliphatic carbocycles. The van der Waals surface area contributed by atoms with Gasteiger partial charge < -0.3 is 9.84 Å². The fourth-order valence-corrected chi connectivity index (χ4v) is 2.73. The van der Waals surface area contributed by atoms with E-state index in [1.54, 1.807) is 6.07 Å². The maximum atomic E-state index is 13.6. The summed E-state index contributed by atoms with van der Waals surface area (Å²) < 4.78 is 19.9. The summed E-state index contributed by atoms with van der Waals surface area (Å²) >= 11 is 3.13. The molecule has 0 aromatic heterocycles. The lowest BCUT2D eigenvalue weighted by Crippen LogP contribution is -2.19. The van der Waals surface area contributed by atoms with Crippen LogP contribution in [-0.2, 0) is 0 Å². The van der Waals surface area contributed by atoms with Crippen LogP contribution >= 0.6 is 15.9 Å². The standard InChI is InChI=1S/C16H14BrFO2/c1-9-2-5-15-11(6-9)14(19)8-16(20-15)10-3-4-12(17)13(18)7-10/h2-7,14,16,19H,8H2,1H3/t14-,16?/m1/s1. The van der Waals surface area contributed by atoms with E-state index in [4.69, 9.17) is 4.74 Å². The summed E-state index contributed by atoms with van der Waals surface area (Å²) in [5.41, 5.74) is 2.62. The third kappa shape index (κ3) is 2.45. The third-order valence-corrected chi connectivity index (χ3v) is 4.19. The third-order valence-electron chi connectivity index (χ3n) is 3.55. The van der Waals surface area contributed by atoms with Gasteiger partial charge in [0.25, 0.3) is 0 Å². The van der Waals surface area contributed by atoms with Crippen LogP contribution < -0.4 is 4.74 Å². The van der Waals surface area contributed by atoms with E-state index >= 15 is 0 Å². The molecule has 1 unspecified atom stereocenters. The maximum Gasteiger partial charge on any atom is 0.137 e. The van der Waals surface area contributed by atoms with Gasteiger partial charge in [-0.05, 0) is 52.7 Å². The molecule has 1 aliphatic heterocycles. The van der Waals surface area contributed by atoms with E-state index < -0.39 is 6.10 Å². The average molecular weight is 337 g/mol. The van der Waals surface area contributed by atoms with Gasteiger partial charge in [0.2, 0.25) is 0 Å². The van der Waals surface area contributed by atoms with Crippen LogP contribution in [-0.4, -0.2) is 5.11 Å². The zero-order valence-corrected chi connectivity index (χ0v) is 12.5. The highest BCUT2D eigenvalue weighted by atomic mass is 79.9. The molecule has 0 spiro atoms. The Morgan fingerprint density at radius 3 is 2.80 bits per heavy atom. The molecule has 1 heterocycles. The second kappa shape index (κ2) is 5.19. The molecule has 2 aromatic carbocycles. The van der Waals surface area contributed by atoms with Crippen molar-refractivity contribution < 1.29 is 14.2 Å². The van der Waals surface area contributed by atoms with Gasteiger partial charge in [0.05, 0.1) is 10.6 Å². The van der Waals surface area contributed by atoms with Crippen molar-refractivity contribution in [2.45, 2.75) is 25.6 Å². The number of hydrogen-bond donors (Lipinski definition) is 1. The Kier molecular flexibility index (Phi) is 3.52. The van der Waals surface area contributed by atoms with Crippen molar-refractivity contribution in [1.29, 1.82) is 0 Å². The number of fused-ring (bicyclic) bond motifs is 1. The number of aliphatic hydroxyl groups excluding tert-OH is 1. The Hall–Kier alpha value is -1.39. The van der Waals surface area contributed by atoms with Gasteiger partial charge in [-0.25, -0.2) is 4.39 Å². The van der Waals surface area contributed by atoms with Crippen LogP contribution in [0.4, 0.5) is 4.39 Å². The van der Waals surface area contributed by atoms with Crippen LogP contribution in [0.2, 0.25) is 0 Å². The summed E-state index contributed by atoms with van der Waals surface area (Å²) in [5, 5.41) is 10.3. The van der Waals surface area contributed by atoms with Crippen molar-refractivity contribution in [3.8, 4) is 5.75 Å². The highest BCUT2D eigenvalue weighted by Crippen LogP contribution is 2.41. The molecule has 2 nitrogen and oxygen atoms in total. The average Bonchev–Trinajstić information content (AvgIpc) is 2.42. The van der Waals surface area contributed by atoms with E-state index in [0.29, 0.717) is 16.6 Å². The zero-order chi connectivity index (χ0) is 14.3. The lowest BCUT2D eigenvalue weighted by molar-refractivity contribution is 0.0655. The predicted molar refractivity (Wildman–Crippen MR) is 78.2 cm³/mol. The minimum Gasteiger partial charge on any atom is -0.485 e. The molecule has 1 aliphatic rings. The summed E-state index contributed by atoms with van der Waals surface area (Å²) in [5.74, 6) is 0.345. The van der Waals surface area contributed by atoms with Gasteiger partial charge in [-0.2, -0.15) is 0 Å². The number of benzene rings is 2. The summed E-state index contributed by atoms with van der Waals surface area (Å²) in [6.07, 6.45) is -0.490. The summed E-state index contributed by atoms with van der Waals surface area (Å²) in [4.78, 5) is 0. The van der Waals surface area contributed by atoms with Gasteiger partial charge in [0, 0.05) is 12.0 Å². The van der Waals surface area contributed by atoms with Gasteiger partial charge in [0.15, 0.2) is 0 Å². The highest BCUT2D eigenvalue weighted by Gasteiger charge is 2.28. The van der Waals surface area contributed by atoms with Crippen molar-refractivity contribution in [2.24, 2.45) is 0 Å². The largest absolute Gasteiger partial charge is 0.485 e. The molecule has 0 saturated carbocycles. The fraction of sp³-hybridized carbons (Fsp3) is 0.250. The summed E-state index contributed by atoms with van der Waals surface area (Å²) in [6.45, 7) is 1.98. The van der Waals surface area contributed by atoms with E-state index in [9.17, 15) is 9.50 Å². The Morgan fingerprint density at radius 2 is 2.05 bits per heavy atom. The molecule has 0 amide bonds. The first kappa shape index (κ1) is 13.6. The lowest BCUT2D eigenvalue weighted by Gasteiger charge is -2.30. The second-order valence-electron chi connectivity index (χ2n) is 5.07. The molecular weight excluding hydrogens is 323 g/mol. The smallest absolute Gasteiger partial charge is 0.137 e. The molecule has 4 heteroatoms. The van der Waals surface area contributed by atoms with Gasteiger partial charge >= 0.3 is 0 Å². The van der Waals surface area contributed by atoms with Gasteiger partial charge in [-0.1, -0.05) is 17.7 Å². The zero-order valence-electron chi connectivity index (χ0n) is 10.9. The monoisotopic (exact) mass is 336 g/mol. The first-order valence-electron chi connectivity index (χ1n) is 6.45. The number of aryl methyl sites for hydroxylation is 1. The first-order chi connectivity index (χ1) is 9.54. The van der Waals surface area contributed by atoms with Crippen molar-refractivity contribution in [3.63, 3.8) is 0 Å². The molecule has 3 rings (SSSR count). The first-order valence-corrected chi connectivity index (χ1v) is 7.24. The minimum absolute atomic E-state index is 0.324. The van der Waals surface area contributed by atoms with Crippen molar-refractivity contribution in [2.75, 3.05) is 0 Å². The molecule has 0 saturated heterocycles. The SMILES string of the molecule is Cc1ccc2c(c1)[C@H](O)CC(c1ccc(Br)c(F)c1)O2. The van der Waals surface area contributed by atoms with Gasteiger partial charge in [-0.3, -0.25) is 0 Å². The van der Waals surface area contributed by atoms with E-state index in [1.807, 2.05) is 31.2 Å². The fourth-order valence-electron chi connectivity index (χ4n) is 2.48. The second-order valence-corrected chi connectivity index (χ2v) is 5.93. The van der Waals surface area contributed by atoms with Crippen molar-refractivity contribution in [1.82, 2.24) is 0 Å². The molecule has 0 fully saturated rings. The van der Waals surface area contributed by atoms with E-state index in [2.05, 4.69) is 15.9 Å². The van der Waals surface area contributed by atoms with Crippen LogP contribution in [0.1, 0.15) is 35.3 Å². The van der Waals surface area contributed by atoms with E-state index in [0.717, 1.165) is 16.7 Å². The molecule has 0 radical (unpaired) electrons. The molecule has 104 valence electrons. The Labute approximate surface area is 125 Å². The van der Waals surface area contributed by atoms with E-state index in [1.165, 1.54) is 6.07 Å². The molecule has 20 heavy (non-hydrogen) atoms. The summed E-state index contributed by atoms with van der Waals surface area (Å²) in [7, 11) is 0. The van der Waals surface area contributed by atoms with Crippen LogP contribution in [0.5, 0.6) is 5.75 Å². The molecule has 2 aromatic rings. The Balaban J connectivity index is 1.94. The van der Waals surface area contributed by atoms with Crippen molar-refractivity contribution >= 4 is 15.9 Å². The van der Waals surface area contributed by atoms with Crippen LogP contribution in [0, 0.1) is 12.7 Å². The quantitative estimate of drug-likeness (QED) is 0.833. The Bertz CT molecular complexity index is 657. The molecule has 0 bridgehead atoms. The van der Waals surface area contributed by atoms with Crippen LogP contribution in [0.3, 0.4) is 0 Å². The maximum absolute atomic E-state index is 13.6. The highest BCUT2D eigenvalue weighted by molar-refractivity contribution is 9.10. The number of rotatable bonds is 1. The predicted octanol–water partition coefficient (Wildman–Crippen LogP) is 4.45. The normalized spacial score (nSPS) is 21.2. The van der Waals surface area contributed by atoms with Gasteiger partial charge in [0.1, 0.15) is 17.7 Å². The number of hydrogen-bond acceptors (Lipinski definition) is 2. The number of ether oxygens (including phenoxy) is 1. The van der Waals surface area contributed by atoms with Crippen molar-refractivity contribution in [3.05, 3.63) is 63.4 Å². The number of aliphatic hydroxyl groups is 1. The van der Waals surface area contributed by atoms with Gasteiger partial charge in [-0.15, -0.1) is 0 Å². The molecule has 1 N–H and O–H groups in total. The summed E-state index contributed by atoms with van der Waals surface area (Å²) in [6, 6.07) is 10.6. The van der Waals surface area contributed by atoms with Crippen LogP contribution in [0.15, 0.2) is 40.9 Å². The minimum atomic E-state index is -0.588. The van der Waals surface area contributed by atoms with Crippen LogP contribution in [0.25, 0.3) is 0 Å². The molecular formula is C16H14BrFO2. The number of halogens is 2. The van der Waals surface area contributed by atoms with E-state index in [-0.39, 0.29) is 11.9 Å². The molecule has 2 atom stereocenters. The Morgan fingerprint density at radius 1 is 1.25 bits per heavy atom.